The Balaban J connectivity index is 1.85. The average Bonchev–Trinajstić information content (AvgIpc) is 2.60. The minimum Gasteiger partial charge on any atom is -0.329 e. The average molecular weight is 323 g/mol. The highest BCUT2D eigenvalue weighted by Gasteiger charge is 2.26. The second kappa shape index (κ2) is 7.93. The van der Waals surface area contributed by atoms with Gasteiger partial charge in [-0.1, -0.05) is 59.7 Å². The van der Waals surface area contributed by atoms with Gasteiger partial charge in [0.2, 0.25) is 0 Å². The first-order valence-electron chi connectivity index (χ1n) is 8.97. The van der Waals surface area contributed by atoms with Crippen molar-refractivity contribution in [1.29, 1.82) is 0 Å². The predicted molar refractivity (Wildman–Crippen MR) is 101 cm³/mol. The van der Waals surface area contributed by atoms with Crippen molar-refractivity contribution < 1.29 is 0 Å². The summed E-state index contributed by atoms with van der Waals surface area (Å²) in [5, 5.41) is 0. The summed E-state index contributed by atoms with van der Waals surface area (Å²) in [6, 6.07) is 18.4. The lowest BCUT2D eigenvalue weighted by molar-refractivity contribution is 0.111. The number of aryl methyl sites for hydroxylation is 2. The largest absolute Gasteiger partial charge is 0.329 e. The van der Waals surface area contributed by atoms with Gasteiger partial charge in [-0.05, 0) is 25.0 Å². The number of hydrogen-bond donors (Lipinski definition) is 1. The summed E-state index contributed by atoms with van der Waals surface area (Å²) < 4.78 is 0. The molecule has 0 spiro atoms. The molecule has 1 saturated heterocycles. The number of nitrogens with zero attached hydrogens (tertiary/aromatic N) is 2. The Labute approximate surface area is 146 Å². The molecular formula is C21H29N3. The number of rotatable bonds is 5. The fourth-order valence-electron chi connectivity index (χ4n) is 3.54. The van der Waals surface area contributed by atoms with E-state index < -0.39 is 0 Å². The van der Waals surface area contributed by atoms with Crippen molar-refractivity contribution in [2.75, 3.05) is 39.3 Å². The van der Waals surface area contributed by atoms with Gasteiger partial charge in [0.05, 0.1) is 6.04 Å². The minimum absolute atomic E-state index is 0.339. The zero-order valence-electron chi connectivity index (χ0n) is 14.9. The summed E-state index contributed by atoms with van der Waals surface area (Å²) in [5.41, 5.74) is 11.1. The van der Waals surface area contributed by atoms with Gasteiger partial charge in [-0.3, -0.25) is 9.80 Å². The maximum absolute atomic E-state index is 5.71. The molecule has 1 fully saturated rings. The van der Waals surface area contributed by atoms with Crippen LogP contribution >= 0.6 is 0 Å². The highest BCUT2D eigenvalue weighted by Crippen LogP contribution is 2.30. The van der Waals surface area contributed by atoms with Gasteiger partial charge in [-0.15, -0.1) is 0 Å². The summed E-state index contributed by atoms with van der Waals surface area (Å²) in [4.78, 5) is 5.08. The lowest BCUT2D eigenvalue weighted by atomic mass is 9.95. The lowest BCUT2D eigenvalue weighted by Crippen LogP contribution is -2.49. The summed E-state index contributed by atoms with van der Waals surface area (Å²) in [6.45, 7) is 10.4. The zero-order chi connectivity index (χ0) is 16.9. The third kappa shape index (κ3) is 4.04. The second-order valence-electron chi connectivity index (χ2n) is 6.89. The molecule has 2 N–H and O–H groups in total. The number of benzene rings is 2. The molecule has 128 valence electrons. The molecule has 24 heavy (non-hydrogen) atoms. The fraction of sp³-hybridized carbons (Fsp3) is 0.429. The molecular weight excluding hydrogens is 294 g/mol. The molecule has 2 aromatic carbocycles. The van der Waals surface area contributed by atoms with E-state index in [9.17, 15) is 0 Å². The van der Waals surface area contributed by atoms with Crippen LogP contribution in [0.25, 0.3) is 0 Å². The summed E-state index contributed by atoms with van der Waals surface area (Å²) in [7, 11) is 0. The second-order valence-corrected chi connectivity index (χ2v) is 6.89. The maximum Gasteiger partial charge on any atom is 0.0602 e. The monoisotopic (exact) mass is 323 g/mol. The fourth-order valence-corrected chi connectivity index (χ4v) is 3.54. The standard InChI is InChI=1S/C21H29N3/c1-17-3-7-19(8-4-17)21(20-9-5-18(2)6-10-20)24-15-13-23(12-11-22)14-16-24/h3-10,21H,11-16,22H2,1-2H3. The van der Waals surface area contributed by atoms with E-state index in [1.807, 2.05) is 0 Å². The summed E-state index contributed by atoms with van der Waals surface area (Å²) in [5.74, 6) is 0. The van der Waals surface area contributed by atoms with Crippen LogP contribution in [-0.4, -0.2) is 49.1 Å². The first kappa shape index (κ1) is 17.2. The van der Waals surface area contributed by atoms with Gasteiger partial charge < -0.3 is 5.73 Å². The molecule has 3 heteroatoms. The van der Waals surface area contributed by atoms with Gasteiger partial charge in [0.1, 0.15) is 0 Å². The van der Waals surface area contributed by atoms with Crippen LogP contribution in [0.4, 0.5) is 0 Å². The summed E-state index contributed by atoms with van der Waals surface area (Å²) >= 11 is 0. The van der Waals surface area contributed by atoms with Crippen LogP contribution < -0.4 is 5.73 Å². The highest BCUT2D eigenvalue weighted by atomic mass is 15.3. The molecule has 3 nitrogen and oxygen atoms in total. The van der Waals surface area contributed by atoms with Crippen LogP contribution in [0.2, 0.25) is 0 Å². The van der Waals surface area contributed by atoms with E-state index in [-0.39, 0.29) is 0 Å². The molecule has 0 atom stereocenters. The van der Waals surface area contributed by atoms with E-state index in [4.69, 9.17) is 5.73 Å². The van der Waals surface area contributed by atoms with Crippen molar-refractivity contribution in [3.63, 3.8) is 0 Å². The van der Waals surface area contributed by atoms with E-state index in [1.165, 1.54) is 22.3 Å². The van der Waals surface area contributed by atoms with Crippen LogP contribution in [-0.2, 0) is 0 Å². The van der Waals surface area contributed by atoms with Crippen molar-refractivity contribution in [3.8, 4) is 0 Å². The number of piperazine rings is 1. The molecule has 1 heterocycles. The molecule has 0 unspecified atom stereocenters. The van der Waals surface area contributed by atoms with Crippen LogP contribution in [0, 0.1) is 13.8 Å². The van der Waals surface area contributed by atoms with Gasteiger partial charge in [-0.2, -0.15) is 0 Å². The topological polar surface area (TPSA) is 32.5 Å². The molecule has 1 aliphatic rings. The molecule has 3 rings (SSSR count). The Hall–Kier alpha value is -1.68. The van der Waals surface area contributed by atoms with E-state index in [0.29, 0.717) is 6.04 Å². The van der Waals surface area contributed by atoms with Crippen molar-refractivity contribution in [2.24, 2.45) is 5.73 Å². The highest BCUT2D eigenvalue weighted by molar-refractivity contribution is 5.35. The van der Waals surface area contributed by atoms with Gasteiger partial charge in [-0.25, -0.2) is 0 Å². The molecule has 2 aromatic rings. The third-order valence-electron chi connectivity index (χ3n) is 5.00. The first-order valence-corrected chi connectivity index (χ1v) is 8.97. The van der Waals surface area contributed by atoms with E-state index >= 15 is 0 Å². The Morgan fingerprint density at radius 1 is 0.792 bits per heavy atom. The van der Waals surface area contributed by atoms with Gasteiger partial charge in [0, 0.05) is 39.3 Å². The molecule has 0 bridgehead atoms. The quantitative estimate of drug-likeness (QED) is 0.918. The van der Waals surface area contributed by atoms with Crippen LogP contribution in [0.15, 0.2) is 48.5 Å². The van der Waals surface area contributed by atoms with Gasteiger partial charge >= 0.3 is 0 Å². The van der Waals surface area contributed by atoms with Gasteiger partial charge in [0.25, 0.3) is 0 Å². The first-order chi connectivity index (χ1) is 11.7. The van der Waals surface area contributed by atoms with Crippen molar-refractivity contribution >= 4 is 0 Å². The molecule has 0 aromatic heterocycles. The molecule has 0 radical (unpaired) electrons. The van der Waals surface area contributed by atoms with E-state index in [0.717, 1.165) is 39.3 Å². The number of hydrogen-bond acceptors (Lipinski definition) is 3. The smallest absolute Gasteiger partial charge is 0.0602 e. The van der Waals surface area contributed by atoms with Gasteiger partial charge in [0.15, 0.2) is 0 Å². The molecule has 1 aliphatic heterocycles. The van der Waals surface area contributed by atoms with Crippen LogP contribution in [0.1, 0.15) is 28.3 Å². The lowest BCUT2D eigenvalue weighted by Gasteiger charge is -2.39. The Morgan fingerprint density at radius 3 is 1.67 bits per heavy atom. The number of nitrogens with two attached hydrogens (primary N) is 1. The van der Waals surface area contributed by atoms with Crippen molar-refractivity contribution in [3.05, 3.63) is 70.8 Å². The zero-order valence-corrected chi connectivity index (χ0v) is 14.9. The molecule has 0 amide bonds. The summed E-state index contributed by atoms with van der Waals surface area (Å²) in [6.07, 6.45) is 0. The Bertz CT molecular complexity index is 580. The van der Waals surface area contributed by atoms with E-state index in [2.05, 4.69) is 72.2 Å². The SMILES string of the molecule is Cc1ccc(C(c2ccc(C)cc2)N2CCN(CCN)CC2)cc1. The Kier molecular flexibility index (Phi) is 5.67. The van der Waals surface area contributed by atoms with Crippen molar-refractivity contribution in [1.82, 2.24) is 9.80 Å². The molecule has 0 saturated carbocycles. The minimum atomic E-state index is 0.339. The normalized spacial score (nSPS) is 16.7. The maximum atomic E-state index is 5.71. The van der Waals surface area contributed by atoms with E-state index in [1.54, 1.807) is 0 Å². The third-order valence-corrected chi connectivity index (χ3v) is 5.00. The molecule has 0 aliphatic carbocycles. The Morgan fingerprint density at radius 2 is 1.25 bits per heavy atom. The van der Waals surface area contributed by atoms with Crippen molar-refractivity contribution in [2.45, 2.75) is 19.9 Å². The van der Waals surface area contributed by atoms with Crippen LogP contribution in [0.3, 0.4) is 0 Å². The predicted octanol–water partition coefficient (Wildman–Crippen LogP) is 2.97. The van der Waals surface area contributed by atoms with Crippen LogP contribution in [0.5, 0.6) is 0 Å².